The molecule has 0 amide bonds. The van der Waals surface area contributed by atoms with E-state index in [4.69, 9.17) is 4.74 Å². The van der Waals surface area contributed by atoms with Crippen molar-refractivity contribution in [2.45, 2.75) is 0 Å². The van der Waals surface area contributed by atoms with Crippen molar-refractivity contribution >= 4 is 33.5 Å². The number of rotatable bonds is 2. The van der Waals surface area contributed by atoms with Crippen LogP contribution < -0.4 is 0 Å². The van der Waals surface area contributed by atoms with E-state index in [2.05, 4.69) is 0 Å². The zero-order valence-electron chi connectivity index (χ0n) is 13.9. The lowest BCUT2D eigenvalue weighted by Crippen LogP contribution is -2.13. The lowest BCUT2D eigenvalue weighted by atomic mass is 10.0. The van der Waals surface area contributed by atoms with Crippen molar-refractivity contribution in [1.82, 2.24) is 0 Å². The van der Waals surface area contributed by atoms with E-state index in [1.54, 1.807) is 24.3 Å². The average Bonchev–Trinajstić information content (AvgIpc) is 2.66. The Morgan fingerprint density at radius 3 is 1.52 bits per heavy atom. The van der Waals surface area contributed by atoms with E-state index in [1.807, 2.05) is 0 Å². The van der Waals surface area contributed by atoms with Crippen LogP contribution in [0.5, 0.6) is 0 Å². The maximum absolute atomic E-state index is 13.6. The van der Waals surface area contributed by atoms with E-state index in [0.717, 1.165) is 0 Å². The summed E-state index contributed by atoms with van der Waals surface area (Å²) in [6.07, 6.45) is 0. The van der Waals surface area contributed by atoms with Gasteiger partial charge in [-0.3, -0.25) is 0 Å². The second-order valence-corrected chi connectivity index (χ2v) is 6.02. The standard InChI is InChI=1S/C22H12F2O3/c23-15-9-7-13-3-1-5-17(19(13)11-15)21(25)27-22(26)18-6-2-4-14-8-10-16(24)12-20(14)18/h1-12H. The summed E-state index contributed by atoms with van der Waals surface area (Å²) in [5.41, 5.74) is 0.151. The Bertz CT molecular complexity index is 1120. The molecule has 27 heavy (non-hydrogen) atoms. The van der Waals surface area contributed by atoms with Gasteiger partial charge < -0.3 is 4.74 Å². The molecule has 0 aliphatic carbocycles. The van der Waals surface area contributed by atoms with E-state index >= 15 is 0 Å². The van der Waals surface area contributed by atoms with E-state index < -0.39 is 23.6 Å². The number of carbonyl (C=O) groups excluding carboxylic acids is 2. The van der Waals surface area contributed by atoms with E-state index in [9.17, 15) is 18.4 Å². The number of hydrogen-bond donors (Lipinski definition) is 0. The topological polar surface area (TPSA) is 43.4 Å². The summed E-state index contributed by atoms with van der Waals surface area (Å²) in [5, 5.41) is 1.98. The molecule has 0 aliphatic heterocycles. The zero-order chi connectivity index (χ0) is 19.0. The third-order valence-corrected chi connectivity index (χ3v) is 4.31. The Morgan fingerprint density at radius 2 is 1.07 bits per heavy atom. The third-order valence-electron chi connectivity index (χ3n) is 4.31. The minimum atomic E-state index is -0.899. The number of fused-ring (bicyclic) bond motifs is 2. The molecule has 0 aliphatic rings. The quantitative estimate of drug-likeness (QED) is 0.360. The molecule has 0 aromatic heterocycles. The number of esters is 2. The molecule has 0 N–H and O–H groups in total. The Balaban J connectivity index is 1.71. The second kappa shape index (κ2) is 6.61. The van der Waals surface area contributed by atoms with Crippen LogP contribution in [0.4, 0.5) is 8.78 Å². The molecule has 4 aromatic carbocycles. The van der Waals surface area contributed by atoms with Gasteiger partial charge in [-0.15, -0.1) is 0 Å². The van der Waals surface area contributed by atoms with E-state index in [0.29, 0.717) is 21.5 Å². The van der Waals surface area contributed by atoms with Crippen LogP contribution in [0.25, 0.3) is 21.5 Å². The second-order valence-electron chi connectivity index (χ2n) is 6.02. The molecule has 0 saturated heterocycles. The van der Waals surface area contributed by atoms with Crippen molar-refractivity contribution in [2.24, 2.45) is 0 Å². The average molecular weight is 362 g/mol. The fraction of sp³-hybridized carbons (Fsp3) is 0. The van der Waals surface area contributed by atoms with Crippen LogP contribution in [-0.4, -0.2) is 11.9 Å². The van der Waals surface area contributed by atoms with Crippen LogP contribution in [-0.2, 0) is 4.74 Å². The fourth-order valence-electron chi connectivity index (χ4n) is 3.04. The van der Waals surface area contributed by atoms with Crippen molar-refractivity contribution in [1.29, 1.82) is 0 Å². The Kier molecular flexibility index (Phi) is 4.12. The maximum Gasteiger partial charge on any atom is 0.346 e. The number of hydrogen-bond acceptors (Lipinski definition) is 3. The summed E-state index contributed by atoms with van der Waals surface area (Å²) in [7, 11) is 0. The lowest BCUT2D eigenvalue weighted by molar-refractivity contribution is 0.0400. The highest BCUT2D eigenvalue weighted by molar-refractivity contribution is 6.12. The van der Waals surface area contributed by atoms with Crippen LogP contribution in [0.15, 0.2) is 72.8 Å². The first-order valence-electron chi connectivity index (χ1n) is 8.16. The number of benzene rings is 4. The predicted octanol–water partition coefficient (Wildman–Crippen LogP) is 5.27. The molecule has 0 bridgehead atoms. The van der Waals surface area contributed by atoms with Crippen LogP contribution in [0, 0.1) is 11.6 Å². The largest absolute Gasteiger partial charge is 0.386 e. The summed E-state index contributed by atoms with van der Waals surface area (Å²) in [5.74, 6) is -2.80. The summed E-state index contributed by atoms with van der Waals surface area (Å²) < 4.78 is 32.1. The molecule has 0 unspecified atom stereocenters. The molecule has 0 radical (unpaired) electrons. The first kappa shape index (κ1) is 16.8. The summed E-state index contributed by atoms with van der Waals surface area (Å²) >= 11 is 0. The first-order chi connectivity index (χ1) is 13.0. The van der Waals surface area contributed by atoms with Crippen LogP contribution >= 0.6 is 0 Å². The SMILES string of the molecule is O=C(OC(=O)c1cccc2ccc(F)cc12)c1cccc2ccc(F)cc12. The van der Waals surface area contributed by atoms with Gasteiger partial charge in [-0.25, -0.2) is 18.4 Å². The van der Waals surface area contributed by atoms with Crippen molar-refractivity contribution in [3.8, 4) is 0 Å². The van der Waals surface area contributed by atoms with Crippen molar-refractivity contribution in [3.63, 3.8) is 0 Å². The Morgan fingerprint density at radius 1 is 0.630 bits per heavy atom. The fourth-order valence-corrected chi connectivity index (χ4v) is 3.04. The summed E-state index contributed by atoms with van der Waals surface area (Å²) in [6, 6.07) is 17.7. The highest BCUT2D eigenvalue weighted by atomic mass is 19.1. The molecule has 5 heteroatoms. The molecule has 0 fully saturated rings. The predicted molar refractivity (Wildman–Crippen MR) is 97.6 cm³/mol. The minimum absolute atomic E-state index is 0.0757. The zero-order valence-corrected chi connectivity index (χ0v) is 13.9. The van der Waals surface area contributed by atoms with Gasteiger partial charge >= 0.3 is 11.9 Å². The van der Waals surface area contributed by atoms with E-state index in [-0.39, 0.29) is 11.1 Å². The summed E-state index contributed by atoms with van der Waals surface area (Å²) in [4.78, 5) is 25.0. The molecule has 0 spiro atoms. The molecule has 3 nitrogen and oxygen atoms in total. The molecular formula is C22H12F2O3. The Labute approximate surface area is 152 Å². The number of halogens is 2. The van der Waals surface area contributed by atoms with Gasteiger partial charge in [0.1, 0.15) is 11.6 Å². The number of carbonyl (C=O) groups is 2. The molecule has 4 rings (SSSR count). The van der Waals surface area contributed by atoms with Crippen molar-refractivity contribution < 1.29 is 23.1 Å². The molecule has 0 atom stereocenters. The highest BCUT2D eigenvalue weighted by Crippen LogP contribution is 2.23. The highest BCUT2D eigenvalue weighted by Gasteiger charge is 2.19. The first-order valence-corrected chi connectivity index (χ1v) is 8.16. The van der Waals surface area contributed by atoms with Gasteiger partial charge in [-0.2, -0.15) is 0 Å². The molecule has 0 saturated carbocycles. The van der Waals surface area contributed by atoms with Crippen molar-refractivity contribution in [3.05, 3.63) is 95.6 Å². The van der Waals surface area contributed by atoms with Gasteiger partial charge in [0.15, 0.2) is 0 Å². The van der Waals surface area contributed by atoms with Gasteiger partial charge in [0.2, 0.25) is 0 Å². The minimum Gasteiger partial charge on any atom is -0.386 e. The van der Waals surface area contributed by atoms with Gasteiger partial charge in [-0.05, 0) is 57.9 Å². The smallest absolute Gasteiger partial charge is 0.346 e. The lowest BCUT2D eigenvalue weighted by Gasteiger charge is -2.08. The van der Waals surface area contributed by atoms with Crippen LogP contribution in [0.3, 0.4) is 0 Å². The third kappa shape index (κ3) is 3.15. The normalized spacial score (nSPS) is 10.9. The Hall–Kier alpha value is -3.60. The molecular weight excluding hydrogens is 350 g/mol. The monoisotopic (exact) mass is 362 g/mol. The number of ether oxygens (including phenoxy) is 1. The molecule has 132 valence electrons. The molecule has 0 heterocycles. The van der Waals surface area contributed by atoms with Crippen LogP contribution in [0.1, 0.15) is 20.7 Å². The van der Waals surface area contributed by atoms with E-state index in [1.165, 1.54) is 48.5 Å². The summed E-state index contributed by atoms with van der Waals surface area (Å²) in [6.45, 7) is 0. The van der Waals surface area contributed by atoms with Gasteiger partial charge in [0.25, 0.3) is 0 Å². The van der Waals surface area contributed by atoms with Crippen molar-refractivity contribution in [2.75, 3.05) is 0 Å². The van der Waals surface area contributed by atoms with Gasteiger partial charge in [-0.1, -0.05) is 36.4 Å². The molecule has 4 aromatic rings. The van der Waals surface area contributed by atoms with Crippen LogP contribution in [0.2, 0.25) is 0 Å². The van der Waals surface area contributed by atoms with Gasteiger partial charge in [0, 0.05) is 0 Å². The van der Waals surface area contributed by atoms with Gasteiger partial charge in [0.05, 0.1) is 11.1 Å². The maximum atomic E-state index is 13.6.